The summed E-state index contributed by atoms with van der Waals surface area (Å²) in [5.41, 5.74) is 0.514. The van der Waals surface area contributed by atoms with Crippen LogP contribution < -0.4 is 4.74 Å². The van der Waals surface area contributed by atoms with E-state index in [1.165, 1.54) is 13.2 Å². The number of rotatable bonds is 5. The number of esters is 1. The summed E-state index contributed by atoms with van der Waals surface area (Å²) in [4.78, 5) is 10.6. The van der Waals surface area contributed by atoms with Gasteiger partial charge in [-0.05, 0) is 18.1 Å². The molecule has 0 aromatic heterocycles. The number of carbonyl (C=O) groups excluding carboxylic acids is 1. The smallest absolute Gasteiger partial charge is 0.387 e. The highest BCUT2D eigenvalue weighted by atomic mass is 79.9. The van der Waals surface area contributed by atoms with E-state index < -0.39 is 17.4 Å². The van der Waals surface area contributed by atoms with E-state index in [9.17, 15) is 13.6 Å². The molecular formula is C11H11BrF2O3. The monoisotopic (exact) mass is 308 g/mol. The van der Waals surface area contributed by atoms with E-state index in [1.807, 2.05) is 0 Å². The third-order valence-electron chi connectivity index (χ3n) is 2.04. The molecule has 0 aliphatic heterocycles. The Morgan fingerprint density at radius 3 is 2.65 bits per heavy atom. The summed E-state index contributed by atoms with van der Waals surface area (Å²) < 4.78 is 33.2. The van der Waals surface area contributed by atoms with E-state index in [-0.39, 0.29) is 12.2 Å². The number of halogens is 3. The van der Waals surface area contributed by atoms with Gasteiger partial charge in [0.1, 0.15) is 10.6 Å². The van der Waals surface area contributed by atoms with E-state index in [0.717, 1.165) is 0 Å². The lowest BCUT2D eigenvalue weighted by Crippen LogP contribution is -2.18. The number of para-hydroxylation sites is 1. The second kappa shape index (κ2) is 6.54. The van der Waals surface area contributed by atoms with Gasteiger partial charge in [0.15, 0.2) is 0 Å². The van der Waals surface area contributed by atoms with Crippen molar-refractivity contribution in [3.8, 4) is 5.75 Å². The topological polar surface area (TPSA) is 35.5 Å². The highest BCUT2D eigenvalue weighted by Crippen LogP contribution is 2.23. The molecule has 94 valence electrons. The van der Waals surface area contributed by atoms with Crippen LogP contribution >= 0.6 is 15.9 Å². The molecule has 17 heavy (non-hydrogen) atoms. The fourth-order valence-corrected chi connectivity index (χ4v) is 1.82. The second-order valence-corrected chi connectivity index (χ2v) is 4.29. The van der Waals surface area contributed by atoms with E-state index in [2.05, 4.69) is 25.4 Å². The average Bonchev–Trinajstić information content (AvgIpc) is 2.29. The summed E-state index contributed by atoms with van der Waals surface area (Å²) in [5.74, 6) is -0.396. The highest BCUT2D eigenvalue weighted by Gasteiger charge is 2.18. The minimum Gasteiger partial charge on any atom is -0.468 e. The van der Waals surface area contributed by atoms with Crippen LogP contribution in [0.1, 0.15) is 5.56 Å². The van der Waals surface area contributed by atoms with Gasteiger partial charge in [0, 0.05) is 0 Å². The summed E-state index contributed by atoms with van der Waals surface area (Å²) in [6.07, 6.45) is 0.218. The SMILES string of the molecule is COC(=O)C(Br)Cc1ccccc1OC(F)F. The Bertz CT molecular complexity index is 385. The fourth-order valence-electron chi connectivity index (χ4n) is 1.29. The maximum atomic E-state index is 12.1. The fraction of sp³-hybridized carbons (Fsp3) is 0.364. The molecule has 0 saturated carbocycles. The lowest BCUT2D eigenvalue weighted by Gasteiger charge is -2.12. The highest BCUT2D eigenvalue weighted by molar-refractivity contribution is 9.10. The Morgan fingerprint density at radius 2 is 2.06 bits per heavy atom. The van der Waals surface area contributed by atoms with Crippen LogP contribution in [0.4, 0.5) is 8.78 Å². The Balaban J connectivity index is 2.79. The quantitative estimate of drug-likeness (QED) is 0.620. The molecule has 0 radical (unpaired) electrons. The predicted octanol–water partition coefficient (Wildman–Crippen LogP) is 2.77. The van der Waals surface area contributed by atoms with Gasteiger partial charge in [-0.25, -0.2) is 0 Å². The van der Waals surface area contributed by atoms with Crippen molar-refractivity contribution in [2.24, 2.45) is 0 Å². The van der Waals surface area contributed by atoms with Crippen molar-refractivity contribution in [3.05, 3.63) is 29.8 Å². The standard InChI is InChI=1S/C11H11BrF2O3/c1-16-10(15)8(12)6-7-4-2-3-5-9(7)17-11(13)14/h2-5,8,11H,6H2,1H3. The molecular weight excluding hydrogens is 298 g/mol. The van der Waals surface area contributed by atoms with Crippen molar-refractivity contribution in [2.45, 2.75) is 17.9 Å². The van der Waals surface area contributed by atoms with E-state index in [4.69, 9.17) is 0 Å². The van der Waals surface area contributed by atoms with Crippen molar-refractivity contribution in [1.82, 2.24) is 0 Å². The number of hydrogen-bond donors (Lipinski definition) is 0. The molecule has 1 rings (SSSR count). The Hall–Kier alpha value is -1.17. The van der Waals surface area contributed by atoms with Gasteiger partial charge in [-0.2, -0.15) is 8.78 Å². The first-order chi connectivity index (χ1) is 8.04. The van der Waals surface area contributed by atoms with E-state index in [0.29, 0.717) is 5.56 Å². The minimum absolute atomic E-state index is 0.0656. The number of alkyl halides is 3. The molecule has 6 heteroatoms. The van der Waals surface area contributed by atoms with Gasteiger partial charge in [0.05, 0.1) is 7.11 Å². The normalized spacial score (nSPS) is 12.3. The van der Waals surface area contributed by atoms with Crippen LogP contribution in [0, 0.1) is 0 Å². The summed E-state index contributed by atoms with van der Waals surface area (Å²) in [6.45, 7) is -2.89. The van der Waals surface area contributed by atoms with Crippen molar-refractivity contribution in [2.75, 3.05) is 7.11 Å². The Morgan fingerprint density at radius 1 is 1.41 bits per heavy atom. The molecule has 0 spiro atoms. The van der Waals surface area contributed by atoms with Crippen LogP contribution in [0.25, 0.3) is 0 Å². The Labute approximate surface area is 106 Å². The van der Waals surface area contributed by atoms with Crippen molar-refractivity contribution in [1.29, 1.82) is 0 Å². The number of methoxy groups -OCH3 is 1. The van der Waals surface area contributed by atoms with Gasteiger partial charge in [0.2, 0.25) is 0 Å². The molecule has 1 unspecified atom stereocenters. The maximum Gasteiger partial charge on any atom is 0.387 e. The van der Waals surface area contributed by atoms with Gasteiger partial charge in [0.25, 0.3) is 0 Å². The van der Waals surface area contributed by atoms with Crippen LogP contribution in [0.3, 0.4) is 0 Å². The summed E-state index contributed by atoms with van der Waals surface area (Å²) in [5, 5.41) is 0. The molecule has 0 heterocycles. The number of carbonyl (C=O) groups is 1. The zero-order valence-electron chi connectivity index (χ0n) is 9.03. The number of hydrogen-bond acceptors (Lipinski definition) is 3. The molecule has 0 amide bonds. The van der Waals surface area contributed by atoms with Crippen LogP contribution in [-0.4, -0.2) is 24.5 Å². The molecule has 1 atom stereocenters. The molecule has 0 aliphatic carbocycles. The first kappa shape index (κ1) is 13.9. The van der Waals surface area contributed by atoms with E-state index >= 15 is 0 Å². The number of ether oxygens (including phenoxy) is 2. The largest absolute Gasteiger partial charge is 0.468 e. The lowest BCUT2D eigenvalue weighted by atomic mass is 10.1. The minimum atomic E-state index is -2.89. The third kappa shape index (κ3) is 4.30. The maximum absolute atomic E-state index is 12.1. The summed E-state index contributed by atoms with van der Waals surface area (Å²) in [7, 11) is 1.26. The summed E-state index contributed by atoms with van der Waals surface area (Å²) in [6, 6.07) is 6.32. The molecule has 0 N–H and O–H groups in total. The molecule has 0 aliphatic rings. The molecule has 0 saturated heterocycles. The predicted molar refractivity (Wildman–Crippen MR) is 61.5 cm³/mol. The van der Waals surface area contributed by atoms with Gasteiger partial charge < -0.3 is 9.47 Å². The molecule has 0 fully saturated rings. The van der Waals surface area contributed by atoms with Gasteiger partial charge >= 0.3 is 12.6 Å². The van der Waals surface area contributed by atoms with Crippen LogP contribution in [-0.2, 0) is 16.0 Å². The van der Waals surface area contributed by atoms with Crippen molar-refractivity contribution < 1.29 is 23.0 Å². The van der Waals surface area contributed by atoms with Crippen molar-refractivity contribution >= 4 is 21.9 Å². The van der Waals surface area contributed by atoms with Crippen LogP contribution in [0.5, 0.6) is 5.75 Å². The second-order valence-electron chi connectivity index (χ2n) is 3.18. The summed E-state index contributed by atoms with van der Waals surface area (Å²) >= 11 is 3.12. The Kier molecular flexibility index (Phi) is 5.34. The zero-order chi connectivity index (χ0) is 12.8. The van der Waals surface area contributed by atoms with Gasteiger partial charge in [-0.1, -0.05) is 34.1 Å². The number of benzene rings is 1. The third-order valence-corrected chi connectivity index (χ3v) is 2.74. The van der Waals surface area contributed by atoms with Crippen LogP contribution in [0.15, 0.2) is 24.3 Å². The molecule has 3 nitrogen and oxygen atoms in total. The van der Waals surface area contributed by atoms with Crippen LogP contribution in [0.2, 0.25) is 0 Å². The molecule has 1 aromatic rings. The zero-order valence-corrected chi connectivity index (χ0v) is 10.6. The average molecular weight is 309 g/mol. The van der Waals surface area contributed by atoms with Gasteiger partial charge in [-0.3, -0.25) is 4.79 Å². The first-order valence-corrected chi connectivity index (χ1v) is 5.70. The lowest BCUT2D eigenvalue weighted by molar-refractivity contribution is -0.139. The van der Waals surface area contributed by atoms with E-state index in [1.54, 1.807) is 18.2 Å². The first-order valence-electron chi connectivity index (χ1n) is 4.79. The molecule has 0 bridgehead atoms. The molecule has 1 aromatic carbocycles. The van der Waals surface area contributed by atoms with Gasteiger partial charge in [-0.15, -0.1) is 0 Å². The van der Waals surface area contributed by atoms with Crippen molar-refractivity contribution in [3.63, 3.8) is 0 Å².